The number of aromatic nitrogens is 1. The molecule has 0 atom stereocenters. The van der Waals surface area contributed by atoms with Crippen LogP contribution in [0.25, 0.3) is 11.1 Å². The number of hydrogen-bond acceptors (Lipinski definition) is 2. The molecule has 0 fully saturated rings. The van der Waals surface area contributed by atoms with Crippen LogP contribution in [-0.2, 0) is 13.0 Å². The fourth-order valence-electron chi connectivity index (χ4n) is 3.12. The van der Waals surface area contributed by atoms with Crippen LogP contribution in [0.2, 0.25) is 0 Å². The smallest absolute Gasteiger partial charge is 0.216 e. The summed E-state index contributed by atoms with van der Waals surface area (Å²) in [6, 6.07) is 22.3. The third kappa shape index (κ3) is 4.84. The normalized spacial score (nSPS) is 11.3. The summed E-state index contributed by atoms with van der Waals surface area (Å²) in [4.78, 5) is 8.91. The van der Waals surface area contributed by atoms with Gasteiger partial charge >= 0.3 is 0 Å². The van der Waals surface area contributed by atoms with Gasteiger partial charge in [-0.05, 0) is 53.8 Å². The Hall–Kier alpha value is -2.98. The van der Waals surface area contributed by atoms with Crippen LogP contribution in [0.1, 0.15) is 29.4 Å². The van der Waals surface area contributed by atoms with Crippen molar-refractivity contribution in [3.8, 4) is 11.1 Å². The zero-order valence-electron chi connectivity index (χ0n) is 16.0. The molecule has 0 unspecified atom stereocenters. The predicted molar refractivity (Wildman–Crippen MR) is 117 cm³/mol. The number of pyridine rings is 1. The zero-order valence-corrected chi connectivity index (χ0v) is 16.8. The quantitative estimate of drug-likeness (QED) is 0.351. The second-order valence-electron chi connectivity index (χ2n) is 6.44. The van der Waals surface area contributed by atoms with Gasteiger partial charge < -0.3 is 5.32 Å². The molecule has 3 rings (SSSR count). The SMILES string of the molecule is CCc1cccc(CN/C(=N/C(=N)Cl)c2c(C)cccc2-c2ccccc2)n1. The third-order valence-corrected chi connectivity index (χ3v) is 4.55. The standard InChI is InChI=1S/C23H23ClN4/c1-3-18-12-8-13-19(27-18)15-26-22(28-23(24)25)21-16(2)9-7-14-20(21)17-10-5-4-6-11-17/h4-14H,3,15H2,1-2H3,(H2,25,26,28). The molecular weight excluding hydrogens is 368 g/mol. The van der Waals surface area contributed by atoms with Crippen LogP contribution in [-0.4, -0.2) is 16.1 Å². The van der Waals surface area contributed by atoms with E-state index in [1.807, 2.05) is 55.5 Å². The summed E-state index contributed by atoms with van der Waals surface area (Å²) in [5.41, 5.74) is 6.08. The summed E-state index contributed by atoms with van der Waals surface area (Å²) in [6.07, 6.45) is 0.886. The average Bonchev–Trinajstić information content (AvgIpc) is 2.71. The van der Waals surface area contributed by atoms with Crippen LogP contribution in [0, 0.1) is 12.3 Å². The summed E-state index contributed by atoms with van der Waals surface area (Å²) in [6.45, 7) is 4.62. The van der Waals surface area contributed by atoms with E-state index in [-0.39, 0.29) is 5.29 Å². The molecule has 3 aromatic rings. The molecular formula is C23H23ClN4. The molecule has 0 amide bonds. The number of hydrogen-bond donors (Lipinski definition) is 2. The fourth-order valence-corrected chi connectivity index (χ4v) is 3.21. The summed E-state index contributed by atoms with van der Waals surface area (Å²) < 4.78 is 0. The van der Waals surface area contributed by atoms with E-state index in [1.165, 1.54) is 0 Å². The minimum atomic E-state index is -0.264. The molecule has 28 heavy (non-hydrogen) atoms. The molecule has 0 spiro atoms. The Morgan fingerprint density at radius 2 is 1.71 bits per heavy atom. The number of benzene rings is 2. The molecule has 142 valence electrons. The summed E-state index contributed by atoms with van der Waals surface area (Å²) >= 11 is 5.84. The van der Waals surface area contributed by atoms with Crippen molar-refractivity contribution in [2.45, 2.75) is 26.8 Å². The van der Waals surface area contributed by atoms with E-state index < -0.39 is 0 Å². The first-order chi connectivity index (χ1) is 13.6. The highest BCUT2D eigenvalue weighted by atomic mass is 35.5. The molecule has 2 N–H and O–H groups in total. The Bertz CT molecular complexity index is 996. The van der Waals surface area contributed by atoms with Crippen molar-refractivity contribution in [1.82, 2.24) is 10.3 Å². The number of amidine groups is 2. The van der Waals surface area contributed by atoms with Gasteiger partial charge in [0.2, 0.25) is 5.29 Å². The highest BCUT2D eigenvalue weighted by molar-refractivity contribution is 6.64. The van der Waals surface area contributed by atoms with Crippen LogP contribution in [0.3, 0.4) is 0 Å². The lowest BCUT2D eigenvalue weighted by molar-refractivity contribution is 0.854. The van der Waals surface area contributed by atoms with Gasteiger partial charge in [-0.15, -0.1) is 0 Å². The molecule has 0 bridgehead atoms. The minimum absolute atomic E-state index is 0.264. The number of rotatable bonds is 5. The molecule has 0 radical (unpaired) electrons. The number of nitrogens with one attached hydrogen (secondary N) is 2. The first-order valence-electron chi connectivity index (χ1n) is 9.25. The van der Waals surface area contributed by atoms with Crippen molar-refractivity contribution < 1.29 is 0 Å². The van der Waals surface area contributed by atoms with Gasteiger partial charge in [-0.25, -0.2) is 4.99 Å². The van der Waals surface area contributed by atoms with Gasteiger partial charge in [0.15, 0.2) is 0 Å². The number of aryl methyl sites for hydroxylation is 2. The summed E-state index contributed by atoms with van der Waals surface area (Å²) in [5, 5.41) is 10.8. The maximum atomic E-state index is 7.69. The van der Waals surface area contributed by atoms with Crippen molar-refractivity contribution in [2.24, 2.45) is 4.99 Å². The maximum Gasteiger partial charge on any atom is 0.216 e. The van der Waals surface area contributed by atoms with Gasteiger partial charge in [-0.2, -0.15) is 0 Å². The van der Waals surface area contributed by atoms with Crippen molar-refractivity contribution in [3.63, 3.8) is 0 Å². The fraction of sp³-hybridized carbons (Fsp3) is 0.174. The van der Waals surface area contributed by atoms with Crippen molar-refractivity contribution in [2.75, 3.05) is 0 Å². The van der Waals surface area contributed by atoms with Crippen LogP contribution >= 0.6 is 11.6 Å². The highest BCUT2D eigenvalue weighted by Crippen LogP contribution is 2.26. The number of nitrogens with zero attached hydrogens (tertiary/aromatic N) is 2. The molecule has 0 saturated carbocycles. The largest absolute Gasteiger partial charge is 0.364 e. The zero-order chi connectivity index (χ0) is 19.9. The molecule has 1 heterocycles. The Balaban J connectivity index is 2.00. The van der Waals surface area contributed by atoms with Gasteiger partial charge in [0, 0.05) is 11.3 Å². The lowest BCUT2D eigenvalue weighted by Gasteiger charge is -2.17. The lowest BCUT2D eigenvalue weighted by atomic mass is 9.95. The first-order valence-corrected chi connectivity index (χ1v) is 9.63. The Morgan fingerprint density at radius 1 is 1.00 bits per heavy atom. The molecule has 0 aliphatic rings. The minimum Gasteiger partial charge on any atom is -0.364 e. The van der Waals surface area contributed by atoms with E-state index in [2.05, 4.69) is 40.4 Å². The van der Waals surface area contributed by atoms with Crippen molar-refractivity contribution in [3.05, 3.63) is 89.2 Å². The van der Waals surface area contributed by atoms with Crippen molar-refractivity contribution >= 4 is 22.7 Å². The van der Waals surface area contributed by atoms with Crippen LogP contribution < -0.4 is 5.32 Å². The van der Waals surface area contributed by atoms with Crippen LogP contribution in [0.15, 0.2) is 71.7 Å². The molecule has 2 aromatic carbocycles. The second kappa shape index (κ2) is 9.29. The molecule has 1 aromatic heterocycles. The van der Waals surface area contributed by atoms with E-state index in [4.69, 9.17) is 17.0 Å². The molecule has 4 nitrogen and oxygen atoms in total. The average molecular weight is 391 g/mol. The van der Waals surface area contributed by atoms with Gasteiger partial charge in [-0.3, -0.25) is 10.4 Å². The first kappa shape index (κ1) is 19.8. The Labute approximate surface area is 170 Å². The Morgan fingerprint density at radius 3 is 2.43 bits per heavy atom. The molecule has 0 aliphatic heterocycles. The van der Waals surface area contributed by atoms with Gasteiger partial charge in [0.05, 0.1) is 12.2 Å². The van der Waals surface area contributed by atoms with Gasteiger partial charge in [-0.1, -0.05) is 61.5 Å². The van der Waals surface area contributed by atoms with E-state index >= 15 is 0 Å². The van der Waals surface area contributed by atoms with Crippen LogP contribution in [0.4, 0.5) is 0 Å². The van der Waals surface area contributed by atoms with E-state index in [9.17, 15) is 0 Å². The second-order valence-corrected chi connectivity index (χ2v) is 6.80. The van der Waals surface area contributed by atoms with E-state index in [0.29, 0.717) is 12.4 Å². The number of halogens is 1. The van der Waals surface area contributed by atoms with E-state index in [1.54, 1.807) is 0 Å². The molecule has 5 heteroatoms. The lowest BCUT2D eigenvalue weighted by Crippen LogP contribution is -2.27. The Kier molecular flexibility index (Phi) is 6.56. The summed E-state index contributed by atoms with van der Waals surface area (Å²) in [5.74, 6) is 0.570. The van der Waals surface area contributed by atoms with Crippen LogP contribution in [0.5, 0.6) is 0 Å². The molecule has 0 aliphatic carbocycles. The topological polar surface area (TPSA) is 61.1 Å². The highest BCUT2D eigenvalue weighted by Gasteiger charge is 2.15. The molecule has 0 saturated heterocycles. The van der Waals surface area contributed by atoms with Gasteiger partial charge in [0.1, 0.15) is 5.84 Å². The number of aliphatic imine (C=N–C) groups is 1. The van der Waals surface area contributed by atoms with Gasteiger partial charge in [0.25, 0.3) is 0 Å². The monoisotopic (exact) mass is 390 g/mol. The maximum absolute atomic E-state index is 7.69. The third-order valence-electron chi connectivity index (χ3n) is 4.47. The predicted octanol–water partition coefficient (Wildman–Crippen LogP) is 5.33. The summed E-state index contributed by atoms with van der Waals surface area (Å²) in [7, 11) is 0. The van der Waals surface area contributed by atoms with E-state index in [0.717, 1.165) is 40.1 Å². The van der Waals surface area contributed by atoms with Crippen molar-refractivity contribution in [1.29, 1.82) is 5.41 Å².